The van der Waals surface area contributed by atoms with Gasteiger partial charge < -0.3 is 5.21 Å². The highest BCUT2D eigenvalue weighted by atomic mass is 32.2. The lowest BCUT2D eigenvalue weighted by atomic mass is 10.3. The molecular formula is C9H13N3O3S2. The number of rotatable bonds is 5. The maximum Gasteiger partial charge on any atom is 0.234 e. The first-order valence-electron chi connectivity index (χ1n) is 5.15. The summed E-state index contributed by atoms with van der Waals surface area (Å²) in [5.41, 5.74) is 0.829. The summed E-state index contributed by atoms with van der Waals surface area (Å²) in [4.78, 5) is 4.03. The van der Waals surface area contributed by atoms with Crippen LogP contribution in [0, 0.1) is 5.92 Å². The summed E-state index contributed by atoms with van der Waals surface area (Å²) in [5.74, 6) is 0.460. The standard InChI is InChI=1S/C9H13N3O3S2/c1-6(11-13)8-4-16-9(10-8)12-17(14,15)5-7-2-3-7/h4,7,13H,2-3,5H2,1H3,(H,10,12). The molecule has 0 amide bonds. The van der Waals surface area contributed by atoms with Crippen molar-refractivity contribution in [3.8, 4) is 0 Å². The topological polar surface area (TPSA) is 91.7 Å². The molecule has 0 saturated heterocycles. The Kier molecular flexibility index (Phi) is 3.34. The van der Waals surface area contributed by atoms with E-state index in [1.54, 1.807) is 12.3 Å². The van der Waals surface area contributed by atoms with Gasteiger partial charge in [-0.05, 0) is 25.7 Å². The van der Waals surface area contributed by atoms with Crippen LogP contribution < -0.4 is 4.72 Å². The number of aromatic nitrogens is 1. The van der Waals surface area contributed by atoms with Crippen LogP contribution in [0.3, 0.4) is 0 Å². The number of oxime groups is 1. The summed E-state index contributed by atoms with van der Waals surface area (Å²) in [6.07, 6.45) is 1.97. The third kappa shape index (κ3) is 3.40. The summed E-state index contributed by atoms with van der Waals surface area (Å²) < 4.78 is 25.8. The Balaban J connectivity index is 2.05. The molecule has 1 saturated carbocycles. The van der Waals surface area contributed by atoms with Crippen molar-refractivity contribution in [3.63, 3.8) is 0 Å². The summed E-state index contributed by atoms with van der Waals surface area (Å²) in [6, 6.07) is 0. The molecule has 0 aromatic carbocycles. The lowest BCUT2D eigenvalue weighted by Gasteiger charge is -2.02. The number of anilines is 1. The van der Waals surface area contributed by atoms with Crippen molar-refractivity contribution in [3.05, 3.63) is 11.1 Å². The van der Waals surface area contributed by atoms with E-state index in [0.29, 0.717) is 22.5 Å². The van der Waals surface area contributed by atoms with Crippen LogP contribution >= 0.6 is 11.3 Å². The zero-order valence-corrected chi connectivity index (χ0v) is 10.9. The molecule has 1 fully saturated rings. The minimum absolute atomic E-state index is 0.162. The van der Waals surface area contributed by atoms with E-state index in [4.69, 9.17) is 5.21 Å². The van der Waals surface area contributed by atoms with Gasteiger partial charge in [-0.2, -0.15) is 0 Å². The molecule has 6 nitrogen and oxygen atoms in total. The molecule has 0 spiro atoms. The Labute approximate surface area is 103 Å². The van der Waals surface area contributed by atoms with E-state index >= 15 is 0 Å². The van der Waals surface area contributed by atoms with Gasteiger partial charge >= 0.3 is 0 Å². The molecular weight excluding hydrogens is 262 g/mol. The molecule has 0 bridgehead atoms. The second kappa shape index (κ2) is 4.61. The van der Waals surface area contributed by atoms with Crippen molar-refractivity contribution in [2.75, 3.05) is 10.5 Å². The molecule has 17 heavy (non-hydrogen) atoms. The smallest absolute Gasteiger partial charge is 0.234 e. The second-order valence-corrected chi connectivity index (χ2v) is 6.68. The number of nitrogens with one attached hydrogen (secondary N) is 1. The molecule has 0 atom stereocenters. The Morgan fingerprint density at radius 1 is 1.71 bits per heavy atom. The number of hydrogen-bond acceptors (Lipinski definition) is 6. The van der Waals surface area contributed by atoms with E-state index in [2.05, 4.69) is 14.9 Å². The largest absolute Gasteiger partial charge is 0.411 e. The highest BCUT2D eigenvalue weighted by molar-refractivity contribution is 7.92. The minimum atomic E-state index is -3.29. The molecule has 1 aromatic heterocycles. The van der Waals surface area contributed by atoms with Crippen molar-refractivity contribution < 1.29 is 13.6 Å². The van der Waals surface area contributed by atoms with Crippen LogP contribution in [-0.4, -0.2) is 30.1 Å². The Morgan fingerprint density at radius 2 is 2.41 bits per heavy atom. The predicted octanol–water partition coefficient (Wildman–Crippen LogP) is 1.49. The van der Waals surface area contributed by atoms with E-state index in [9.17, 15) is 8.42 Å². The normalized spacial score (nSPS) is 17.1. The highest BCUT2D eigenvalue weighted by Crippen LogP contribution is 2.31. The van der Waals surface area contributed by atoms with Gasteiger partial charge in [-0.3, -0.25) is 4.72 Å². The van der Waals surface area contributed by atoms with Crippen molar-refractivity contribution in [2.45, 2.75) is 19.8 Å². The summed E-state index contributed by atoms with van der Waals surface area (Å²) in [6.45, 7) is 1.59. The lowest BCUT2D eigenvalue weighted by molar-refractivity contribution is 0.319. The van der Waals surface area contributed by atoms with E-state index < -0.39 is 10.0 Å². The van der Waals surface area contributed by atoms with Crippen LogP contribution in [0.25, 0.3) is 0 Å². The van der Waals surface area contributed by atoms with Gasteiger partial charge in [0, 0.05) is 5.38 Å². The Morgan fingerprint density at radius 3 is 3.00 bits per heavy atom. The molecule has 0 unspecified atom stereocenters. The van der Waals surface area contributed by atoms with Gasteiger partial charge in [0.15, 0.2) is 5.13 Å². The predicted molar refractivity (Wildman–Crippen MR) is 66.2 cm³/mol. The van der Waals surface area contributed by atoms with Crippen molar-refractivity contribution in [2.24, 2.45) is 11.1 Å². The zero-order valence-electron chi connectivity index (χ0n) is 9.25. The molecule has 2 N–H and O–H groups in total. The van der Waals surface area contributed by atoms with E-state index in [0.717, 1.165) is 12.8 Å². The molecule has 0 aliphatic heterocycles. The van der Waals surface area contributed by atoms with E-state index in [-0.39, 0.29) is 5.75 Å². The molecule has 0 radical (unpaired) electrons. The molecule has 2 rings (SSSR count). The molecule has 1 aliphatic rings. The van der Waals surface area contributed by atoms with Gasteiger partial charge in [-0.15, -0.1) is 11.3 Å². The van der Waals surface area contributed by atoms with Crippen LogP contribution in [-0.2, 0) is 10.0 Å². The second-order valence-electron chi connectivity index (χ2n) is 4.05. The monoisotopic (exact) mass is 275 g/mol. The molecule has 1 aromatic rings. The van der Waals surface area contributed by atoms with Gasteiger partial charge in [0.1, 0.15) is 11.4 Å². The minimum Gasteiger partial charge on any atom is -0.411 e. The summed E-state index contributed by atoms with van der Waals surface area (Å²) in [5, 5.41) is 13.5. The average Bonchev–Trinajstić information content (AvgIpc) is 2.93. The fraction of sp³-hybridized carbons (Fsp3) is 0.556. The zero-order chi connectivity index (χ0) is 12.5. The number of nitrogens with zero attached hydrogens (tertiary/aromatic N) is 2. The van der Waals surface area contributed by atoms with Crippen LogP contribution in [0.15, 0.2) is 10.5 Å². The maximum absolute atomic E-state index is 11.7. The van der Waals surface area contributed by atoms with Gasteiger partial charge in [0.25, 0.3) is 0 Å². The fourth-order valence-corrected chi connectivity index (χ4v) is 3.83. The quantitative estimate of drug-likeness (QED) is 0.484. The molecule has 1 aliphatic carbocycles. The Bertz CT molecular complexity index is 531. The van der Waals surface area contributed by atoms with E-state index in [1.807, 2.05) is 0 Å². The number of hydrogen-bond donors (Lipinski definition) is 2. The van der Waals surface area contributed by atoms with Gasteiger partial charge in [-0.1, -0.05) is 5.16 Å². The van der Waals surface area contributed by atoms with Crippen molar-refractivity contribution >= 4 is 32.2 Å². The lowest BCUT2D eigenvalue weighted by Crippen LogP contribution is -2.17. The third-order valence-electron chi connectivity index (χ3n) is 2.42. The van der Waals surface area contributed by atoms with Crippen molar-refractivity contribution in [1.82, 2.24) is 4.98 Å². The third-order valence-corrected chi connectivity index (χ3v) is 4.72. The highest BCUT2D eigenvalue weighted by Gasteiger charge is 2.28. The number of thiazole rings is 1. The van der Waals surface area contributed by atoms with Crippen LogP contribution in [0.5, 0.6) is 0 Å². The van der Waals surface area contributed by atoms with E-state index in [1.165, 1.54) is 11.3 Å². The average molecular weight is 275 g/mol. The van der Waals surface area contributed by atoms with Gasteiger partial charge in [-0.25, -0.2) is 13.4 Å². The van der Waals surface area contributed by atoms with Gasteiger partial charge in [0.2, 0.25) is 10.0 Å². The molecule has 1 heterocycles. The number of sulfonamides is 1. The first kappa shape index (κ1) is 12.3. The van der Waals surface area contributed by atoms with Crippen molar-refractivity contribution in [1.29, 1.82) is 0 Å². The first-order valence-corrected chi connectivity index (χ1v) is 7.68. The van der Waals surface area contributed by atoms with Crippen LogP contribution in [0.4, 0.5) is 5.13 Å². The Hall–Kier alpha value is -1.15. The summed E-state index contributed by atoms with van der Waals surface area (Å²) in [7, 11) is -3.29. The maximum atomic E-state index is 11.7. The SMILES string of the molecule is CC(=NO)c1csc(NS(=O)(=O)CC2CC2)n1. The molecule has 94 valence electrons. The van der Waals surface area contributed by atoms with Crippen LogP contribution in [0.2, 0.25) is 0 Å². The molecule has 8 heteroatoms. The first-order chi connectivity index (χ1) is 8.00. The van der Waals surface area contributed by atoms with Gasteiger partial charge in [0.05, 0.1) is 5.75 Å². The van der Waals surface area contributed by atoms with Crippen LogP contribution in [0.1, 0.15) is 25.5 Å². The fourth-order valence-electron chi connectivity index (χ4n) is 1.31. The summed E-state index contributed by atoms with van der Waals surface area (Å²) >= 11 is 1.17.